The van der Waals surface area contributed by atoms with E-state index in [1.54, 1.807) is 49.4 Å². The lowest BCUT2D eigenvalue weighted by Crippen LogP contribution is -2.39. The van der Waals surface area contributed by atoms with Crippen LogP contribution in [0.4, 0.5) is 0 Å². The summed E-state index contributed by atoms with van der Waals surface area (Å²) >= 11 is 6.02. The first-order valence-corrected chi connectivity index (χ1v) is 8.73. The Morgan fingerprint density at radius 2 is 2.07 bits per heavy atom. The molecule has 27 heavy (non-hydrogen) atoms. The van der Waals surface area contributed by atoms with Crippen molar-refractivity contribution in [3.8, 4) is 17.2 Å². The zero-order valence-corrected chi connectivity index (χ0v) is 15.3. The van der Waals surface area contributed by atoms with E-state index in [2.05, 4.69) is 10.4 Å². The normalized spacial score (nSPS) is 11.8. The van der Waals surface area contributed by atoms with Crippen LogP contribution in [0, 0.1) is 0 Å². The van der Waals surface area contributed by atoms with Gasteiger partial charge in [-0.2, -0.15) is 5.10 Å². The minimum atomic E-state index is -0.732. The molecule has 3 rings (SSSR count). The number of halogens is 1. The first kappa shape index (κ1) is 18.7. The summed E-state index contributed by atoms with van der Waals surface area (Å²) in [7, 11) is 0. The SMILES string of the molecule is CC(Oc1ccccc1Cl)C(=O)NCCn1nc(-c2ccco2)ccc1=O. The van der Waals surface area contributed by atoms with Crippen molar-refractivity contribution in [1.82, 2.24) is 15.1 Å². The molecule has 2 aromatic heterocycles. The molecule has 2 heterocycles. The van der Waals surface area contributed by atoms with Gasteiger partial charge in [-0.15, -0.1) is 0 Å². The van der Waals surface area contributed by atoms with Gasteiger partial charge in [0, 0.05) is 12.6 Å². The third-order valence-electron chi connectivity index (χ3n) is 3.77. The molecule has 1 amide bonds. The summed E-state index contributed by atoms with van der Waals surface area (Å²) in [5, 5.41) is 7.40. The van der Waals surface area contributed by atoms with Gasteiger partial charge in [0.2, 0.25) is 0 Å². The van der Waals surface area contributed by atoms with Crippen molar-refractivity contribution in [3.63, 3.8) is 0 Å². The van der Waals surface area contributed by atoms with Gasteiger partial charge < -0.3 is 14.5 Å². The Kier molecular flexibility index (Phi) is 5.93. The highest BCUT2D eigenvalue weighted by Gasteiger charge is 2.15. The predicted molar refractivity (Wildman–Crippen MR) is 101 cm³/mol. The quantitative estimate of drug-likeness (QED) is 0.673. The maximum absolute atomic E-state index is 12.2. The average molecular weight is 388 g/mol. The third kappa shape index (κ3) is 4.77. The van der Waals surface area contributed by atoms with Crippen LogP contribution in [0.3, 0.4) is 0 Å². The first-order chi connectivity index (χ1) is 13.0. The van der Waals surface area contributed by atoms with Crippen LogP contribution in [-0.4, -0.2) is 28.3 Å². The molecule has 0 radical (unpaired) electrons. The van der Waals surface area contributed by atoms with Crippen LogP contribution >= 0.6 is 11.6 Å². The van der Waals surface area contributed by atoms with Crippen LogP contribution in [0.25, 0.3) is 11.5 Å². The van der Waals surface area contributed by atoms with Crippen LogP contribution in [0.2, 0.25) is 5.02 Å². The van der Waals surface area contributed by atoms with Gasteiger partial charge in [0.1, 0.15) is 11.4 Å². The van der Waals surface area contributed by atoms with E-state index < -0.39 is 6.10 Å². The number of rotatable bonds is 7. The lowest BCUT2D eigenvalue weighted by atomic mass is 10.3. The molecule has 0 aliphatic rings. The summed E-state index contributed by atoms with van der Waals surface area (Å²) in [6, 6.07) is 13.4. The number of carbonyl (C=O) groups is 1. The van der Waals surface area contributed by atoms with Gasteiger partial charge in [-0.3, -0.25) is 9.59 Å². The number of hydrogen-bond donors (Lipinski definition) is 1. The van der Waals surface area contributed by atoms with Crippen molar-refractivity contribution < 1.29 is 13.9 Å². The van der Waals surface area contributed by atoms with Gasteiger partial charge >= 0.3 is 0 Å². The second-order valence-electron chi connectivity index (χ2n) is 5.74. The molecule has 1 atom stereocenters. The van der Waals surface area contributed by atoms with Crippen LogP contribution in [0.5, 0.6) is 5.75 Å². The molecule has 8 heteroatoms. The number of para-hydroxylation sites is 1. The first-order valence-electron chi connectivity index (χ1n) is 8.35. The minimum Gasteiger partial charge on any atom is -0.479 e. The Balaban J connectivity index is 1.56. The Morgan fingerprint density at radius 3 is 2.81 bits per heavy atom. The second-order valence-corrected chi connectivity index (χ2v) is 6.15. The van der Waals surface area contributed by atoms with E-state index in [1.165, 1.54) is 17.0 Å². The molecule has 0 saturated carbocycles. The predicted octanol–water partition coefficient (Wildman–Crippen LogP) is 2.74. The number of nitrogens with zero attached hydrogens (tertiary/aromatic N) is 2. The summed E-state index contributed by atoms with van der Waals surface area (Å²) in [5.74, 6) is 0.686. The smallest absolute Gasteiger partial charge is 0.266 e. The molecule has 0 fully saturated rings. The zero-order chi connectivity index (χ0) is 19.2. The Hall–Kier alpha value is -3.06. The topological polar surface area (TPSA) is 86.4 Å². The fourth-order valence-electron chi connectivity index (χ4n) is 2.38. The fourth-order valence-corrected chi connectivity index (χ4v) is 2.56. The average Bonchev–Trinajstić information content (AvgIpc) is 3.19. The van der Waals surface area contributed by atoms with Crippen molar-refractivity contribution in [1.29, 1.82) is 0 Å². The summed E-state index contributed by atoms with van der Waals surface area (Å²) < 4.78 is 12.1. The van der Waals surface area contributed by atoms with Crippen molar-refractivity contribution in [2.45, 2.75) is 19.6 Å². The van der Waals surface area contributed by atoms with Crippen LogP contribution in [-0.2, 0) is 11.3 Å². The summed E-state index contributed by atoms with van der Waals surface area (Å²) in [6.45, 7) is 2.07. The van der Waals surface area contributed by atoms with E-state index in [-0.39, 0.29) is 24.6 Å². The van der Waals surface area contributed by atoms with E-state index in [1.807, 2.05) is 0 Å². The number of carbonyl (C=O) groups excluding carboxylic acids is 1. The van der Waals surface area contributed by atoms with Crippen molar-refractivity contribution in [2.75, 3.05) is 6.54 Å². The van der Waals surface area contributed by atoms with Crippen molar-refractivity contribution >= 4 is 17.5 Å². The lowest BCUT2D eigenvalue weighted by molar-refractivity contribution is -0.127. The van der Waals surface area contributed by atoms with E-state index in [4.69, 9.17) is 20.8 Å². The summed E-state index contributed by atoms with van der Waals surface area (Å²) in [5.41, 5.74) is 0.279. The molecule has 1 N–H and O–H groups in total. The monoisotopic (exact) mass is 387 g/mol. The van der Waals surface area contributed by atoms with Crippen LogP contribution < -0.4 is 15.6 Å². The van der Waals surface area contributed by atoms with E-state index in [9.17, 15) is 9.59 Å². The molecule has 1 unspecified atom stereocenters. The number of nitrogens with one attached hydrogen (secondary N) is 1. The van der Waals surface area contributed by atoms with Crippen molar-refractivity contribution in [3.05, 3.63) is 70.2 Å². The van der Waals surface area contributed by atoms with Gasteiger partial charge in [-0.05, 0) is 37.3 Å². The van der Waals surface area contributed by atoms with Crippen LogP contribution in [0.15, 0.2) is 64.0 Å². The van der Waals surface area contributed by atoms with E-state index >= 15 is 0 Å². The molecule has 7 nitrogen and oxygen atoms in total. The van der Waals surface area contributed by atoms with Crippen molar-refractivity contribution in [2.24, 2.45) is 0 Å². The number of hydrogen-bond acceptors (Lipinski definition) is 5. The minimum absolute atomic E-state index is 0.220. The third-order valence-corrected chi connectivity index (χ3v) is 4.08. The molecule has 140 valence electrons. The van der Waals surface area contributed by atoms with Crippen LogP contribution in [0.1, 0.15) is 6.92 Å². The molecular formula is C19H18ClN3O4. The van der Waals surface area contributed by atoms with Gasteiger partial charge in [0.05, 0.1) is 17.8 Å². The molecule has 3 aromatic rings. The van der Waals surface area contributed by atoms with Gasteiger partial charge in [0.15, 0.2) is 11.9 Å². The van der Waals surface area contributed by atoms with Gasteiger partial charge in [-0.1, -0.05) is 23.7 Å². The second kappa shape index (κ2) is 8.55. The largest absolute Gasteiger partial charge is 0.479 e. The van der Waals surface area contributed by atoms with Gasteiger partial charge in [-0.25, -0.2) is 4.68 Å². The number of amides is 1. The number of furan rings is 1. The Bertz CT molecular complexity index is 969. The molecule has 0 aliphatic heterocycles. The maximum atomic E-state index is 12.2. The standard InChI is InChI=1S/C19H18ClN3O4/c1-13(27-16-6-3-2-5-14(16)20)19(25)21-10-11-23-18(24)9-8-15(22-23)17-7-4-12-26-17/h2-9,12-13H,10-11H2,1H3,(H,21,25). The highest BCUT2D eigenvalue weighted by Crippen LogP contribution is 2.24. The summed E-state index contributed by atoms with van der Waals surface area (Å²) in [4.78, 5) is 24.1. The lowest BCUT2D eigenvalue weighted by Gasteiger charge is -2.15. The zero-order valence-electron chi connectivity index (χ0n) is 14.6. The number of benzene rings is 1. The highest BCUT2D eigenvalue weighted by atomic mass is 35.5. The molecule has 0 saturated heterocycles. The Morgan fingerprint density at radius 1 is 1.26 bits per heavy atom. The molecule has 1 aromatic carbocycles. The summed E-state index contributed by atoms with van der Waals surface area (Å²) in [6.07, 6.45) is 0.802. The number of ether oxygens (including phenoxy) is 1. The van der Waals surface area contributed by atoms with E-state index in [0.29, 0.717) is 22.2 Å². The fraction of sp³-hybridized carbons (Fsp3) is 0.211. The molecule has 0 spiro atoms. The number of aromatic nitrogens is 2. The maximum Gasteiger partial charge on any atom is 0.266 e. The molecule has 0 aliphatic carbocycles. The molecule has 0 bridgehead atoms. The Labute approximate surface area is 160 Å². The van der Waals surface area contributed by atoms with E-state index in [0.717, 1.165) is 0 Å². The van der Waals surface area contributed by atoms with Gasteiger partial charge in [0.25, 0.3) is 11.5 Å². The molecular weight excluding hydrogens is 370 g/mol. The highest BCUT2D eigenvalue weighted by molar-refractivity contribution is 6.32.